The molecule has 2 atom stereocenters. The van der Waals surface area contributed by atoms with Crippen LogP contribution in [0.15, 0.2) is 35.9 Å². The van der Waals surface area contributed by atoms with Crippen LogP contribution in [0, 0.1) is 11.8 Å². The van der Waals surface area contributed by atoms with Gasteiger partial charge in [0.05, 0.1) is 0 Å². The lowest BCUT2D eigenvalue weighted by Crippen LogP contribution is -2.11. The molecule has 1 aromatic rings. The first kappa shape index (κ1) is 28.3. The first-order valence-corrected chi connectivity index (χ1v) is 11.9. The van der Waals surface area contributed by atoms with Gasteiger partial charge in [0.2, 0.25) is 0 Å². The van der Waals surface area contributed by atoms with Crippen molar-refractivity contribution in [2.24, 2.45) is 11.8 Å². The normalized spacial score (nSPS) is 14.0. The van der Waals surface area contributed by atoms with E-state index in [4.69, 9.17) is 0 Å². The Morgan fingerprint density at radius 2 is 1.80 bits per heavy atom. The predicted molar refractivity (Wildman–Crippen MR) is 135 cm³/mol. The Kier molecular flexibility index (Phi) is 16.1. The first-order valence-electron chi connectivity index (χ1n) is 11.9. The highest BCUT2D eigenvalue weighted by atomic mass is 16.1. The zero-order valence-electron chi connectivity index (χ0n) is 20.8. The molecule has 0 saturated heterocycles. The number of rotatable bonds is 9. The summed E-state index contributed by atoms with van der Waals surface area (Å²) in [6, 6.07) is 7.06. The third-order valence-electron chi connectivity index (χ3n) is 5.52. The lowest BCUT2D eigenvalue weighted by molar-refractivity contribution is -0.104. The molecular weight excluding hydrogens is 366 g/mol. The highest BCUT2D eigenvalue weighted by Gasteiger charge is 2.16. The number of benzene rings is 1. The van der Waals surface area contributed by atoms with Crippen molar-refractivity contribution in [1.29, 1.82) is 0 Å². The fraction of sp³-hybridized carbons (Fsp3) is 0.607. The molecule has 0 spiro atoms. The minimum Gasteiger partial charge on any atom is -0.319 e. The molecule has 170 valence electrons. The number of fused-ring (bicyclic) bond motifs is 1. The number of carbonyl (C=O) groups is 1. The molecule has 2 heteroatoms. The first-order chi connectivity index (χ1) is 14.3. The number of aldehydes is 1. The molecule has 2 rings (SSSR count). The van der Waals surface area contributed by atoms with Crippen molar-refractivity contribution in [3.8, 4) is 0 Å². The largest absolute Gasteiger partial charge is 0.319 e. The molecule has 1 N–H and O–H groups in total. The van der Waals surface area contributed by atoms with E-state index in [0.29, 0.717) is 5.57 Å². The van der Waals surface area contributed by atoms with Crippen LogP contribution in [-0.4, -0.2) is 19.9 Å². The molecular formula is C28H47NO. The Morgan fingerprint density at radius 3 is 2.33 bits per heavy atom. The van der Waals surface area contributed by atoms with Crippen molar-refractivity contribution >= 4 is 12.4 Å². The summed E-state index contributed by atoms with van der Waals surface area (Å²) in [7, 11) is 2.02. The van der Waals surface area contributed by atoms with Gasteiger partial charge in [0.15, 0.2) is 0 Å². The lowest BCUT2D eigenvalue weighted by atomic mass is 9.82. The monoisotopic (exact) mass is 413 g/mol. The summed E-state index contributed by atoms with van der Waals surface area (Å²) in [4.78, 5) is 9.41. The van der Waals surface area contributed by atoms with Gasteiger partial charge in [-0.3, -0.25) is 4.79 Å². The fourth-order valence-corrected chi connectivity index (χ4v) is 3.30. The van der Waals surface area contributed by atoms with E-state index in [-0.39, 0.29) is 0 Å². The maximum Gasteiger partial charge on any atom is 0.145 e. The summed E-state index contributed by atoms with van der Waals surface area (Å²) >= 11 is 0. The van der Waals surface area contributed by atoms with E-state index < -0.39 is 0 Å². The summed E-state index contributed by atoms with van der Waals surface area (Å²) in [6.07, 6.45) is 12.1. The SMILES string of the molecule is C=C(C)C=O.CCC.CCC(C)CCC(C)C1=Cc2ccc(CCNC)cc2CC1. The second-order valence-electron chi connectivity index (χ2n) is 8.77. The Balaban J connectivity index is 0.000000902. The number of nitrogens with one attached hydrogen (secondary N) is 1. The van der Waals surface area contributed by atoms with Crippen LogP contribution >= 0.6 is 0 Å². The van der Waals surface area contributed by atoms with Gasteiger partial charge in [0.25, 0.3) is 0 Å². The van der Waals surface area contributed by atoms with Crippen LogP contribution in [0.4, 0.5) is 0 Å². The predicted octanol–water partition coefficient (Wildman–Crippen LogP) is 7.42. The maximum absolute atomic E-state index is 9.41. The van der Waals surface area contributed by atoms with E-state index in [0.717, 1.165) is 31.1 Å². The Hall–Kier alpha value is -1.67. The molecule has 0 aliphatic heterocycles. The van der Waals surface area contributed by atoms with E-state index in [1.54, 1.807) is 18.1 Å². The van der Waals surface area contributed by atoms with Crippen LogP contribution in [0.25, 0.3) is 6.08 Å². The van der Waals surface area contributed by atoms with Gasteiger partial charge in [-0.1, -0.05) is 90.3 Å². The molecule has 1 aliphatic carbocycles. The number of carbonyl (C=O) groups excluding carboxylic acids is 1. The van der Waals surface area contributed by atoms with Crippen molar-refractivity contribution in [1.82, 2.24) is 5.32 Å². The average molecular weight is 414 g/mol. The molecule has 30 heavy (non-hydrogen) atoms. The van der Waals surface area contributed by atoms with E-state index in [2.05, 4.69) is 70.8 Å². The van der Waals surface area contributed by atoms with Crippen LogP contribution in [0.3, 0.4) is 0 Å². The lowest BCUT2D eigenvalue weighted by Gasteiger charge is -2.23. The van der Waals surface area contributed by atoms with Crippen molar-refractivity contribution in [2.45, 2.75) is 86.5 Å². The minimum atomic E-state index is 0.574. The van der Waals surface area contributed by atoms with Crippen molar-refractivity contribution < 1.29 is 4.79 Å². The van der Waals surface area contributed by atoms with Crippen molar-refractivity contribution in [3.63, 3.8) is 0 Å². The van der Waals surface area contributed by atoms with Crippen LogP contribution in [0.5, 0.6) is 0 Å². The fourth-order valence-electron chi connectivity index (χ4n) is 3.30. The van der Waals surface area contributed by atoms with Crippen molar-refractivity contribution in [3.05, 3.63) is 52.6 Å². The number of allylic oxidation sites excluding steroid dienone is 2. The smallest absolute Gasteiger partial charge is 0.145 e. The second-order valence-corrected chi connectivity index (χ2v) is 8.77. The highest BCUT2D eigenvalue weighted by molar-refractivity contribution is 5.70. The molecule has 1 aliphatic rings. The van der Waals surface area contributed by atoms with Gasteiger partial charge in [-0.05, 0) is 80.3 Å². The van der Waals surface area contributed by atoms with Gasteiger partial charge in [0, 0.05) is 0 Å². The van der Waals surface area contributed by atoms with E-state index in [9.17, 15) is 4.79 Å². The van der Waals surface area contributed by atoms with E-state index in [1.807, 2.05) is 7.05 Å². The molecule has 0 saturated carbocycles. The van der Waals surface area contributed by atoms with E-state index in [1.165, 1.54) is 49.7 Å². The van der Waals surface area contributed by atoms with Gasteiger partial charge in [-0.15, -0.1) is 0 Å². The molecule has 0 heterocycles. The zero-order chi connectivity index (χ0) is 22.9. The third kappa shape index (κ3) is 12.1. The van der Waals surface area contributed by atoms with Gasteiger partial charge in [-0.25, -0.2) is 0 Å². The molecule has 0 amide bonds. The molecule has 0 bridgehead atoms. The quantitative estimate of drug-likeness (QED) is 0.337. The van der Waals surface area contributed by atoms with Crippen LogP contribution in [0.2, 0.25) is 0 Å². The summed E-state index contributed by atoms with van der Waals surface area (Å²) < 4.78 is 0. The van der Waals surface area contributed by atoms with Crippen LogP contribution in [0.1, 0.15) is 90.3 Å². The molecule has 0 fully saturated rings. The van der Waals surface area contributed by atoms with Crippen LogP contribution in [-0.2, 0) is 17.6 Å². The molecule has 0 aromatic heterocycles. The summed E-state index contributed by atoms with van der Waals surface area (Å²) in [5, 5.41) is 3.23. The van der Waals surface area contributed by atoms with Crippen molar-refractivity contribution in [2.75, 3.05) is 13.6 Å². The second kappa shape index (κ2) is 17.1. The summed E-state index contributed by atoms with van der Waals surface area (Å²) in [5.74, 6) is 1.61. The Bertz CT molecular complexity index is 644. The molecule has 2 unspecified atom stereocenters. The van der Waals surface area contributed by atoms with Gasteiger partial charge >= 0.3 is 0 Å². The van der Waals surface area contributed by atoms with Gasteiger partial charge in [-0.2, -0.15) is 0 Å². The Labute approximate surface area is 187 Å². The number of aryl methyl sites for hydroxylation is 1. The summed E-state index contributed by atoms with van der Waals surface area (Å²) in [5.41, 5.74) is 6.72. The number of likely N-dealkylation sites (N-methyl/N-ethyl adjacent to an activating group) is 1. The molecule has 2 nitrogen and oxygen atoms in total. The highest BCUT2D eigenvalue weighted by Crippen LogP contribution is 2.31. The van der Waals surface area contributed by atoms with Crippen LogP contribution < -0.4 is 5.32 Å². The Morgan fingerprint density at radius 1 is 1.17 bits per heavy atom. The molecule has 1 aromatic carbocycles. The molecule has 0 radical (unpaired) electrons. The van der Waals surface area contributed by atoms with E-state index >= 15 is 0 Å². The topological polar surface area (TPSA) is 29.1 Å². The number of hydrogen-bond acceptors (Lipinski definition) is 2. The number of hydrogen-bond donors (Lipinski definition) is 1. The zero-order valence-corrected chi connectivity index (χ0v) is 20.8. The average Bonchev–Trinajstić information content (AvgIpc) is 2.76. The maximum atomic E-state index is 9.41. The standard InChI is InChI=1S/C21H33N.C4H6O.C3H8/c1-5-16(2)6-7-17(3)19-10-11-20-14-18(12-13-22-4)8-9-21(20)15-19;1-4(2)3-5;1-3-2/h8-9,14-17,22H,5-7,10-13H2,1-4H3;3H,1H2,2H3;3H2,1-2H3. The van der Waals surface area contributed by atoms with Gasteiger partial charge in [0.1, 0.15) is 6.29 Å². The van der Waals surface area contributed by atoms with Gasteiger partial charge < -0.3 is 5.32 Å². The minimum absolute atomic E-state index is 0.574. The third-order valence-corrected chi connectivity index (χ3v) is 5.52. The summed E-state index contributed by atoms with van der Waals surface area (Å²) in [6.45, 7) is 17.4.